The molecule has 1 aliphatic rings. The third-order valence-electron chi connectivity index (χ3n) is 4.34. The second-order valence-electron chi connectivity index (χ2n) is 5.88. The standard InChI is InChI=1S/C17H20F2N4/c1-12-10-20-11-17(21-12)23-7-5-22(6-8-23)13(2)15-4-3-14(18)9-16(15)19/h3-4,9-11,13H,5-8H2,1-2H3. The van der Waals surface area contributed by atoms with Crippen LogP contribution in [0.3, 0.4) is 0 Å². The summed E-state index contributed by atoms with van der Waals surface area (Å²) in [6, 6.07) is 3.72. The molecular formula is C17H20F2N4. The van der Waals surface area contributed by atoms with Crippen LogP contribution in [0.1, 0.15) is 24.2 Å². The van der Waals surface area contributed by atoms with Gasteiger partial charge in [-0.25, -0.2) is 13.8 Å². The molecule has 1 atom stereocenters. The number of piperazine rings is 1. The Morgan fingerprint density at radius 1 is 1.09 bits per heavy atom. The van der Waals surface area contributed by atoms with Gasteiger partial charge in [0, 0.05) is 50.0 Å². The Balaban J connectivity index is 1.66. The van der Waals surface area contributed by atoms with Crippen molar-refractivity contribution in [3.05, 3.63) is 53.5 Å². The van der Waals surface area contributed by atoms with E-state index in [1.165, 1.54) is 12.1 Å². The zero-order valence-electron chi connectivity index (χ0n) is 13.3. The van der Waals surface area contributed by atoms with E-state index < -0.39 is 11.6 Å². The third-order valence-corrected chi connectivity index (χ3v) is 4.34. The Labute approximate surface area is 134 Å². The number of hydrogen-bond acceptors (Lipinski definition) is 4. The molecule has 6 heteroatoms. The van der Waals surface area contributed by atoms with Crippen LogP contribution in [0.5, 0.6) is 0 Å². The lowest BCUT2D eigenvalue weighted by molar-refractivity contribution is 0.194. The lowest BCUT2D eigenvalue weighted by Gasteiger charge is -2.38. The molecule has 4 nitrogen and oxygen atoms in total. The number of hydrogen-bond donors (Lipinski definition) is 0. The molecule has 1 fully saturated rings. The molecule has 1 aliphatic heterocycles. The maximum atomic E-state index is 13.9. The maximum absolute atomic E-state index is 13.9. The molecule has 1 unspecified atom stereocenters. The molecule has 1 aromatic heterocycles. The Morgan fingerprint density at radius 2 is 1.83 bits per heavy atom. The van der Waals surface area contributed by atoms with Crippen molar-refractivity contribution in [2.75, 3.05) is 31.1 Å². The summed E-state index contributed by atoms with van der Waals surface area (Å²) in [7, 11) is 0. The quantitative estimate of drug-likeness (QED) is 0.871. The van der Waals surface area contributed by atoms with Gasteiger partial charge in [0.2, 0.25) is 0 Å². The summed E-state index contributed by atoms with van der Waals surface area (Å²) in [6.45, 7) is 7.10. The van der Waals surface area contributed by atoms with Gasteiger partial charge in [-0.2, -0.15) is 0 Å². The van der Waals surface area contributed by atoms with E-state index >= 15 is 0 Å². The minimum Gasteiger partial charge on any atom is -0.353 e. The lowest BCUT2D eigenvalue weighted by Crippen LogP contribution is -2.47. The fraction of sp³-hybridized carbons (Fsp3) is 0.412. The van der Waals surface area contributed by atoms with Crippen molar-refractivity contribution in [1.82, 2.24) is 14.9 Å². The van der Waals surface area contributed by atoms with Crippen molar-refractivity contribution in [1.29, 1.82) is 0 Å². The van der Waals surface area contributed by atoms with Gasteiger partial charge in [0.25, 0.3) is 0 Å². The van der Waals surface area contributed by atoms with Gasteiger partial charge in [-0.15, -0.1) is 0 Å². The molecule has 0 amide bonds. The van der Waals surface area contributed by atoms with Crippen molar-refractivity contribution in [3.63, 3.8) is 0 Å². The first kappa shape index (κ1) is 15.8. The zero-order valence-corrected chi connectivity index (χ0v) is 13.3. The van der Waals surface area contributed by atoms with Crippen LogP contribution in [0.15, 0.2) is 30.6 Å². The third kappa shape index (κ3) is 3.47. The van der Waals surface area contributed by atoms with Crippen LogP contribution in [0, 0.1) is 18.6 Å². The predicted octanol–water partition coefficient (Wildman–Crippen LogP) is 2.95. The zero-order chi connectivity index (χ0) is 16.4. The molecule has 0 aliphatic carbocycles. The normalized spacial score (nSPS) is 17.3. The minimum absolute atomic E-state index is 0.0821. The Bertz CT molecular complexity index is 684. The van der Waals surface area contributed by atoms with Gasteiger partial charge in [-0.3, -0.25) is 9.88 Å². The Kier molecular flexibility index (Phi) is 4.52. The first-order chi connectivity index (χ1) is 11.0. The number of aromatic nitrogens is 2. The van der Waals surface area contributed by atoms with Gasteiger partial charge in [-0.05, 0) is 19.9 Å². The molecule has 0 spiro atoms. The van der Waals surface area contributed by atoms with Crippen LogP contribution in [-0.2, 0) is 0 Å². The summed E-state index contributed by atoms with van der Waals surface area (Å²) in [5, 5.41) is 0. The number of aryl methyl sites for hydroxylation is 1. The summed E-state index contributed by atoms with van der Waals surface area (Å²) < 4.78 is 27.0. The molecule has 23 heavy (non-hydrogen) atoms. The van der Waals surface area contributed by atoms with E-state index in [1.807, 2.05) is 13.8 Å². The van der Waals surface area contributed by atoms with E-state index in [9.17, 15) is 8.78 Å². The highest BCUT2D eigenvalue weighted by Crippen LogP contribution is 2.25. The SMILES string of the molecule is Cc1cncc(N2CCN(C(C)c3ccc(F)cc3F)CC2)n1. The van der Waals surface area contributed by atoms with Gasteiger partial charge in [0.1, 0.15) is 17.5 Å². The summed E-state index contributed by atoms with van der Waals surface area (Å²) >= 11 is 0. The van der Waals surface area contributed by atoms with E-state index in [-0.39, 0.29) is 6.04 Å². The molecule has 0 N–H and O–H groups in total. The summed E-state index contributed by atoms with van der Waals surface area (Å²) in [5.41, 5.74) is 1.43. The van der Waals surface area contributed by atoms with Crippen LogP contribution < -0.4 is 4.90 Å². The van der Waals surface area contributed by atoms with Crippen molar-refractivity contribution >= 4 is 5.82 Å². The molecule has 122 valence electrons. The highest BCUT2D eigenvalue weighted by atomic mass is 19.1. The molecular weight excluding hydrogens is 298 g/mol. The highest BCUT2D eigenvalue weighted by molar-refractivity contribution is 5.37. The fourth-order valence-corrected chi connectivity index (χ4v) is 2.98. The number of nitrogens with zero attached hydrogens (tertiary/aromatic N) is 4. The van der Waals surface area contributed by atoms with Crippen LogP contribution in [0.4, 0.5) is 14.6 Å². The van der Waals surface area contributed by atoms with E-state index in [0.29, 0.717) is 5.56 Å². The van der Waals surface area contributed by atoms with Gasteiger partial charge in [-0.1, -0.05) is 6.07 Å². The summed E-state index contributed by atoms with van der Waals surface area (Å²) in [5.74, 6) is -0.143. The summed E-state index contributed by atoms with van der Waals surface area (Å²) in [4.78, 5) is 13.1. The first-order valence-corrected chi connectivity index (χ1v) is 7.77. The topological polar surface area (TPSA) is 32.3 Å². The van der Waals surface area contributed by atoms with E-state index in [4.69, 9.17) is 0 Å². The van der Waals surface area contributed by atoms with Crippen LogP contribution in [0.2, 0.25) is 0 Å². The second-order valence-corrected chi connectivity index (χ2v) is 5.88. The fourth-order valence-electron chi connectivity index (χ4n) is 2.98. The van der Waals surface area contributed by atoms with Gasteiger partial charge < -0.3 is 4.90 Å². The largest absolute Gasteiger partial charge is 0.353 e. The number of anilines is 1. The molecule has 0 saturated carbocycles. The minimum atomic E-state index is -0.540. The number of halogens is 2. The molecule has 0 radical (unpaired) electrons. The number of rotatable bonds is 3. The van der Waals surface area contributed by atoms with Crippen molar-refractivity contribution in [3.8, 4) is 0 Å². The molecule has 2 aromatic rings. The van der Waals surface area contributed by atoms with Crippen LogP contribution >= 0.6 is 0 Å². The van der Waals surface area contributed by atoms with Gasteiger partial charge in [0.05, 0.1) is 11.9 Å². The maximum Gasteiger partial charge on any atom is 0.147 e. The second kappa shape index (κ2) is 6.58. The molecule has 2 heterocycles. The van der Waals surface area contributed by atoms with E-state index in [0.717, 1.165) is 43.8 Å². The Morgan fingerprint density at radius 3 is 2.48 bits per heavy atom. The average Bonchev–Trinajstić information content (AvgIpc) is 2.54. The average molecular weight is 318 g/mol. The highest BCUT2D eigenvalue weighted by Gasteiger charge is 2.24. The van der Waals surface area contributed by atoms with E-state index in [1.54, 1.807) is 12.4 Å². The van der Waals surface area contributed by atoms with Gasteiger partial charge >= 0.3 is 0 Å². The number of benzene rings is 1. The monoisotopic (exact) mass is 318 g/mol. The van der Waals surface area contributed by atoms with Gasteiger partial charge in [0.15, 0.2) is 0 Å². The molecule has 3 rings (SSSR count). The van der Waals surface area contributed by atoms with Crippen molar-refractivity contribution in [2.45, 2.75) is 19.9 Å². The Hall–Kier alpha value is -2.08. The molecule has 1 saturated heterocycles. The van der Waals surface area contributed by atoms with Crippen LogP contribution in [-0.4, -0.2) is 41.0 Å². The van der Waals surface area contributed by atoms with E-state index in [2.05, 4.69) is 19.8 Å². The lowest BCUT2D eigenvalue weighted by atomic mass is 10.1. The summed E-state index contributed by atoms with van der Waals surface area (Å²) in [6.07, 6.45) is 3.50. The smallest absolute Gasteiger partial charge is 0.147 e. The van der Waals surface area contributed by atoms with Crippen LogP contribution in [0.25, 0.3) is 0 Å². The molecule has 0 bridgehead atoms. The molecule has 1 aromatic carbocycles. The predicted molar refractivity (Wildman–Crippen MR) is 85.3 cm³/mol. The van der Waals surface area contributed by atoms with Crippen molar-refractivity contribution < 1.29 is 8.78 Å². The first-order valence-electron chi connectivity index (χ1n) is 7.77. The van der Waals surface area contributed by atoms with Crippen molar-refractivity contribution in [2.24, 2.45) is 0 Å².